The van der Waals surface area contributed by atoms with Crippen molar-refractivity contribution in [2.24, 2.45) is 11.7 Å². The van der Waals surface area contributed by atoms with Gasteiger partial charge in [0, 0.05) is 18.3 Å². The number of carbonyl (C=O) groups excluding carboxylic acids is 1. The number of hydrogen-bond donors (Lipinski definition) is 2. The van der Waals surface area contributed by atoms with Gasteiger partial charge in [-0.25, -0.2) is 8.42 Å². The van der Waals surface area contributed by atoms with Crippen molar-refractivity contribution in [1.82, 2.24) is 4.31 Å². The number of carbonyl (C=O) groups is 2. The van der Waals surface area contributed by atoms with Crippen molar-refractivity contribution in [2.45, 2.75) is 121 Å². The number of halogens is 1. The van der Waals surface area contributed by atoms with Gasteiger partial charge in [0.25, 0.3) is 0 Å². The predicted octanol–water partition coefficient (Wildman–Crippen LogP) is 6.69. The number of nitrogens with zero attached hydrogens (tertiary/aromatic N) is 1. The van der Waals surface area contributed by atoms with Crippen LogP contribution in [0, 0.1) is 12.8 Å². The highest BCUT2D eigenvalue weighted by molar-refractivity contribution is 7.89. The van der Waals surface area contributed by atoms with Gasteiger partial charge in [-0.15, -0.1) is 11.6 Å². The lowest BCUT2D eigenvalue weighted by Gasteiger charge is -2.28. The largest absolute Gasteiger partial charge is 0.480 e. The standard InChI is InChI=1S/C30H51ClN2O5S/c1-25-18-20-28(21-19-25)39(37,38)33(29(30(35)36)17-13-14-22-32)23-15-11-9-7-5-3-4-6-8-10-12-16-27(24-31)26(2)34/h18-21,27,29H,3-17,22-24,32H2,1-2H3,(H,35,36)/t27?,29-/m0/s1. The molecule has 0 aromatic heterocycles. The van der Waals surface area contributed by atoms with E-state index in [9.17, 15) is 23.1 Å². The van der Waals surface area contributed by atoms with Crippen LogP contribution in [0.1, 0.15) is 109 Å². The second-order valence-electron chi connectivity index (χ2n) is 10.7. The number of ketones is 1. The van der Waals surface area contributed by atoms with Crippen LogP contribution < -0.4 is 5.73 Å². The fraction of sp³-hybridized carbons (Fsp3) is 0.733. The molecule has 0 aliphatic heterocycles. The molecule has 0 spiro atoms. The van der Waals surface area contributed by atoms with E-state index in [1.165, 1.54) is 30.0 Å². The summed E-state index contributed by atoms with van der Waals surface area (Å²) >= 11 is 5.84. The smallest absolute Gasteiger partial charge is 0.322 e. The summed E-state index contributed by atoms with van der Waals surface area (Å²) in [7, 11) is -3.93. The molecule has 0 aliphatic rings. The number of alkyl halides is 1. The maximum absolute atomic E-state index is 13.5. The number of sulfonamides is 1. The zero-order valence-corrected chi connectivity index (χ0v) is 25.7. The highest BCUT2D eigenvalue weighted by Crippen LogP contribution is 2.23. The Morgan fingerprint density at radius 1 is 0.846 bits per heavy atom. The molecule has 0 radical (unpaired) electrons. The first-order chi connectivity index (χ1) is 18.6. The Bertz CT molecular complexity index is 924. The molecule has 39 heavy (non-hydrogen) atoms. The molecular formula is C30H51ClN2O5S. The molecule has 0 aliphatic carbocycles. The van der Waals surface area contributed by atoms with Crippen LogP contribution in [-0.2, 0) is 19.6 Å². The van der Waals surface area contributed by atoms with Gasteiger partial charge in [0.15, 0.2) is 0 Å². The summed E-state index contributed by atoms with van der Waals surface area (Å²) in [6, 6.07) is 5.49. The van der Waals surface area contributed by atoms with Crippen molar-refractivity contribution in [2.75, 3.05) is 19.0 Å². The zero-order valence-electron chi connectivity index (χ0n) is 24.1. The van der Waals surface area contributed by atoms with Crippen LogP contribution >= 0.6 is 11.6 Å². The SMILES string of the molecule is CC(=O)C(CCl)CCCCCCCCCCCCCN([C@@H](CCCCN)C(=O)O)S(=O)(=O)c1ccc(C)cc1. The number of benzene rings is 1. The van der Waals surface area contributed by atoms with Crippen LogP contribution in [0.15, 0.2) is 29.2 Å². The van der Waals surface area contributed by atoms with Crippen LogP contribution in [0.5, 0.6) is 0 Å². The molecule has 0 saturated carbocycles. The van der Waals surface area contributed by atoms with Gasteiger partial charge in [0.05, 0.1) is 4.90 Å². The highest BCUT2D eigenvalue weighted by Gasteiger charge is 2.35. The van der Waals surface area contributed by atoms with E-state index in [0.717, 1.165) is 50.5 Å². The Balaban J connectivity index is 2.44. The van der Waals surface area contributed by atoms with Crippen molar-refractivity contribution in [3.63, 3.8) is 0 Å². The first kappa shape index (κ1) is 35.5. The van der Waals surface area contributed by atoms with Gasteiger partial charge in [-0.3, -0.25) is 9.59 Å². The molecule has 1 aromatic carbocycles. The molecule has 7 nitrogen and oxygen atoms in total. The minimum atomic E-state index is -3.93. The van der Waals surface area contributed by atoms with Crippen LogP contribution in [0.4, 0.5) is 0 Å². The number of aryl methyl sites for hydroxylation is 1. The number of carboxylic acids is 1. The quantitative estimate of drug-likeness (QED) is 0.103. The Kier molecular flexibility index (Phi) is 18.6. The molecule has 224 valence electrons. The number of rotatable bonds is 24. The number of nitrogens with two attached hydrogens (primary N) is 1. The second kappa shape index (κ2) is 20.4. The van der Waals surface area contributed by atoms with Crippen molar-refractivity contribution < 1.29 is 23.1 Å². The monoisotopic (exact) mass is 586 g/mol. The molecule has 0 heterocycles. The molecular weight excluding hydrogens is 536 g/mol. The Hall–Kier alpha value is -1.48. The fourth-order valence-corrected chi connectivity index (χ4v) is 6.82. The fourth-order valence-electron chi connectivity index (χ4n) is 4.80. The van der Waals surface area contributed by atoms with Gasteiger partial charge in [0.1, 0.15) is 11.8 Å². The minimum Gasteiger partial charge on any atom is -0.480 e. The van der Waals surface area contributed by atoms with E-state index in [1.807, 2.05) is 6.92 Å². The average molecular weight is 587 g/mol. The molecule has 1 aromatic rings. The third-order valence-electron chi connectivity index (χ3n) is 7.38. The number of aliphatic carboxylic acids is 1. The third-order valence-corrected chi connectivity index (χ3v) is 9.68. The third kappa shape index (κ3) is 14.1. The Morgan fingerprint density at radius 3 is 1.79 bits per heavy atom. The predicted molar refractivity (Wildman–Crippen MR) is 160 cm³/mol. The maximum atomic E-state index is 13.5. The molecule has 9 heteroatoms. The van der Waals surface area contributed by atoms with E-state index in [4.69, 9.17) is 17.3 Å². The first-order valence-electron chi connectivity index (χ1n) is 14.7. The van der Waals surface area contributed by atoms with Gasteiger partial charge >= 0.3 is 5.97 Å². The average Bonchev–Trinajstić information content (AvgIpc) is 2.89. The van der Waals surface area contributed by atoms with Crippen LogP contribution in [0.3, 0.4) is 0 Å². The topological polar surface area (TPSA) is 118 Å². The van der Waals surface area contributed by atoms with Crippen molar-refractivity contribution in [1.29, 1.82) is 0 Å². The lowest BCUT2D eigenvalue weighted by atomic mass is 9.98. The van der Waals surface area contributed by atoms with Gasteiger partial charge in [-0.2, -0.15) is 4.31 Å². The summed E-state index contributed by atoms with van der Waals surface area (Å²) in [5.41, 5.74) is 6.52. The Morgan fingerprint density at radius 2 is 1.33 bits per heavy atom. The first-order valence-corrected chi connectivity index (χ1v) is 16.7. The maximum Gasteiger partial charge on any atom is 0.322 e. The summed E-state index contributed by atoms with van der Waals surface area (Å²) in [6.45, 7) is 4.16. The van der Waals surface area contributed by atoms with E-state index in [2.05, 4.69) is 0 Å². The number of carboxylic acid groups (broad SMARTS) is 1. The van der Waals surface area contributed by atoms with Gasteiger partial charge in [0.2, 0.25) is 10.0 Å². The normalized spacial score (nSPS) is 13.5. The van der Waals surface area contributed by atoms with E-state index in [1.54, 1.807) is 31.2 Å². The molecule has 0 bridgehead atoms. The summed E-state index contributed by atoms with van der Waals surface area (Å²) in [5.74, 6) is -0.493. The van der Waals surface area contributed by atoms with E-state index >= 15 is 0 Å². The zero-order chi connectivity index (χ0) is 29.1. The molecule has 1 unspecified atom stereocenters. The van der Waals surface area contributed by atoms with Crippen molar-refractivity contribution in [3.05, 3.63) is 29.8 Å². The molecule has 3 N–H and O–H groups in total. The van der Waals surface area contributed by atoms with E-state index < -0.39 is 22.0 Å². The van der Waals surface area contributed by atoms with E-state index in [0.29, 0.717) is 31.7 Å². The van der Waals surface area contributed by atoms with Crippen LogP contribution in [-0.4, -0.2) is 54.6 Å². The minimum absolute atomic E-state index is 0.00707. The van der Waals surface area contributed by atoms with E-state index in [-0.39, 0.29) is 29.6 Å². The number of hydrogen-bond acceptors (Lipinski definition) is 5. The lowest BCUT2D eigenvalue weighted by Crippen LogP contribution is -2.45. The molecule has 0 amide bonds. The van der Waals surface area contributed by atoms with Gasteiger partial charge < -0.3 is 10.8 Å². The van der Waals surface area contributed by atoms with Crippen molar-refractivity contribution >= 4 is 33.4 Å². The summed E-state index contributed by atoms with van der Waals surface area (Å²) < 4.78 is 28.1. The van der Waals surface area contributed by atoms with Gasteiger partial charge in [-0.05, 0) is 64.6 Å². The number of unbranched alkanes of at least 4 members (excludes halogenated alkanes) is 11. The summed E-state index contributed by atoms with van der Waals surface area (Å²) in [5, 5.41) is 9.89. The Labute approximate surface area is 241 Å². The highest BCUT2D eigenvalue weighted by atomic mass is 35.5. The lowest BCUT2D eigenvalue weighted by molar-refractivity contribution is -0.141. The summed E-state index contributed by atoms with van der Waals surface area (Å²) in [6.07, 6.45) is 14.1. The number of Topliss-reactive ketones (excluding diaryl/α,β-unsaturated/α-hetero) is 1. The summed E-state index contributed by atoms with van der Waals surface area (Å²) in [4.78, 5) is 23.7. The van der Waals surface area contributed by atoms with Gasteiger partial charge in [-0.1, -0.05) is 81.9 Å². The van der Waals surface area contributed by atoms with Crippen LogP contribution in [0.2, 0.25) is 0 Å². The second-order valence-corrected chi connectivity index (χ2v) is 12.9. The van der Waals surface area contributed by atoms with Crippen LogP contribution in [0.25, 0.3) is 0 Å². The molecule has 2 atom stereocenters. The molecule has 0 fully saturated rings. The molecule has 0 saturated heterocycles. The van der Waals surface area contributed by atoms with Crippen molar-refractivity contribution in [3.8, 4) is 0 Å². The molecule has 1 rings (SSSR count).